The Kier molecular flexibility index (Phi) is 13.7. The van der Waals surface area contributed by atoms with Crippen molar-refractivity contribution in [3.05, 3.63) is 30.1 Å². The van der Waals surface area contributed by atoms with Gasteiger partial charge in [0.05, 0.1) is 12.7 Å². The number of hydrogen-bond acceptors (Lipinski definition) is 5. The molecule has 0 aliphatic heterocycles. The van der Waals surface area contributed by atoms with Gasteiger partial charge in [0, 0.05) is 31.0 Å². The minimum Gasteiger partial charge on any atom is -0.870 e. The van der Waals surface area contributed by atoms with Gasteiger partial charge < -0.3 is 21.1 Å². The summed E-state index contributed by atoms with van der Waals surface area (Å²) in [5.74, 6) is 0. The van der Waals surface area contributed by atoms with E-state index < -0.39 is 6.10 Å². The van der Waals surface area contributed by atoms with E-state index in [1.54, 1.807) is 6.20 Å². The maximum atomic E-state index is 9.63. The SMILES string of the molecule is CCOC[C@@H](O)[C@H](N)Cc1ccccn1.[K+].[OH-]. The Hall–Kier alpha value is 0.626. The average Bonchev–Trinajstić information content (AvgIpc) is 2.27. The van der Waals surface area contributed by atoms with Crippen LogP contribution in [-0.4, -0.2) is 40.9 Å². The van der Waals surface area contributed by atoms with Crippen molar-refractivity contribution in [1.82, 2.24) is 4.98 Å². The molecule has 0 aromatic carbocycles. The first-order valence-electron chi connectivity index (χ1n) is 5.15. The molecule has 0 fully saturated rings. The second-order valence-electron chi connectivity index (χ2n) is 3.42. The second kappa shape index (κ2) is 11.7. The first-order chi connectivity index (χ1) is 7.24. The zero-order valence-corrected chi connectivity index (χ0v) is 13.5. The van der Waals surface area contributed by atoms with Crippen molar-refractivity contribution in [2.24, 2.45) is 5.73 Å². The third-order valence-corrected chi connectivity index (χ3v) is 2.16. The van der Waals surface area contributed by atoms with Crippen LogP contribution < -0.4 is 57.1 Å². The molecular weight excluding hydrogens is 247 g/mol. The van der Waals surface area contributed by atoms with Crippen molar-refractivity contribution in [1.29, 1.82) is 0 Å². The van der Waals surface area contributed by atoms with Gasteiger partial charge in [0.2, 0.25) is 0 Å². The first kappa shape index (κ1) is 20.0. The van der Waals surface area contributed by atoms with Crippen molar-refractivity contribution in [3.8, 4) is 0 Å². The van der Waals surface area contributed by atoms with E-state index in [4.69, 9.17) is 10.5 Å². The maximum absolute atomic E-state index is 9.63. The van der Waals surface area contributed by atoms with E-state index in [0.29, 0.717) is 13.0 Å². The minimum atomic E-state index is -0.632. The summed E-state index contributed by atoms with van der Waals surface area (Å²) in [5.41, 5.74) is 6.71. The van der Waals surface area contributed by atoms with Gasteiger partial charge in [0.25, 0.3) is 0 Å². The van der Waals surface area contributed by atoms with Crippen molar-refractivity contribution < 1.29 is 66.7 Å². The van der Waals surface area contributed by atoms with E-state index in [9.17, 15) is 5.11 Å². The number of aliphatic hydroxyl groups is 1. The minimum absolute atomic E-state index is 0. The van der Waals surface area contributed by atoms with Crippen LogP contribution in [0.5, 0.6) is 0 Å². The fraction of sp³-hybridized carbons (Fsp3) is 0.545. The van der Waals surface area contributed by atoms with Crippen LogP contribution in [0.4, 0.5) is 0 Å². The number of hydrogen-bond donors (Lipinski definition) is 2. The van der Waals surface area contributed by atoms with Crippen LogP contribution in [0.3, 0.4) is 0 Å². The third-order valence-electron chi connectivity index (χ3n) is 2.16. The van der Waals surface area contributed by atoms with E-state index in [1.807, 2.05) is 25.1 Å². The molecule has 0 aliphatic carbocycles. The molecule has 0 radical (unpaired) electrons. The van der Waals surface area contributed by atoms with Crippen molar-refractivity contribution in [2.75, 3.05) is 13.2 Å². The molecule has 0 saturated heterocycles. The quantitative estimate of drug-likeness (QED) is 0.541. The van der Waals surface area contributed by atoms with Gasteiger partial charge in [-0.05, 0) is 19.1 Å². The van der Waals surface area contributed by atoms with Gasteiger partial charge in [0.15, 0.2) is 0 Å². The molecule has 17 heavy (non-hydrogen) atoms. The molecule has 6 heteroatoms. The number of nitrogens with zero attached hydrogens (tertiary/aromatic N) is 1. The molecule has 0 bridgehead atoms. The Morgan fingerprint density at radius 1 is 1.47 bits per heavy atom. The largest absolute Gasteiger partial charge is 1.00 e. The molecule has 92 valence electrons. The zero-order valence-electron chi connectivity index (χ0n) is 10.4. The number of pyridine rings is 1. The number of aliphatic hydroxyl groups excluding tert-OH is 1. The van der Waals surface area contributed by atoms with Crippen LogP contribution in [0, 0.1) is 0 Å². The van der Waals surface area contributed by atoms with Crippen LogP contribution in [0.1, 0.15) is 12.6 Å². The molecule has 0 aliphatic rings. The second-order valence-corrected chi connectivity index (χ2v) is 3.42. The monoisotopic (exact) mass is 266 g/mol. The summed E-state index contributed by atoms with van der Waals surface area (Å²) in [7, 11) is 0. The predicted octanol–water partition coefficient (Wildman–Crippen LogP) is -2.82. The van der Waals surface area contributed by atoms with Crippen LogP contribution >= 0.6 is 0 Å². The van der Waals surface area contributed by atoms with E-state index in [2.05, 4.69) is 4.98 Å². The topological polar surface area (TPSA) is 98.4 Å². The molecule has 2 atom stereocenters. The Bertz CT molecular complexity index is 275. The Morgan fingerprint density at radius 2 is 2.18 bits per heavy atom. The third kappa shape index (κ3) is 8.36. The summed E-state index contributed by atoms with van der Waals surface area (Å²) in [6.45, 7) is 2.76. The fourth-order valence-corrected chi connectivity index (χ4v) is 1.26. The normalized spacial score (nSPS) is 13.1. The summed E-state index contributed by atoms with van der Waals surface area (Å²) in [6.07, 6.45) is 1.65. The molecule has 0 unspecified atom stereocenters. The molecule has 0 spiro atoms. The Labute approximate surface area is 144 Å². The molecule has 5 nitrogen and oxygen atoms in total. The summed E-state index contributed by atoms with van der Waals surface area (Å²) >= 11 is 0. The van der Waals surface area contributed by atoms with Gasteiger partial charge in [-0.15, -0.1) is 0 Å². The number of nitrogens with two attached hydrogens (primary N) is 1. The van der Waals surface area contributed by atoms with Crippen molar-refractivity contribution >= 4 is 0 Å². The number of rotatable bonds is 6. The standard InChI is InChI=1S/C11H18N2O2.K.H2O/c1-2-15-8-11(14)10(12)7-9-5-3-4-6-13-9;;/h3-6,10-11,14H,2,7-8,12H2,1H3;;1H2/q;+1;/p-1/t10-,11-;;/m1../s1. The molecule has 1 rings (SSSR count). The van der Waals surface area contributed by atoms with Gasteiger partial charge in [-0.1, -0.05) is 6.07 Å². The molecule has 1 aromatic rings. The predicted molar refractivity (Wildman–Crippen MR) is 60.4 cm³/mol. The molecule has 1 heterocycles. The molecule has 1 aromatic heterocycles. The summed E-state index contributed by atoms with van der Waals surface area (Å²) in [5, 5.41) is 9.63. The van der Waals surface area contributed by atoms with E-state index in [0.717, 1.165) is 5.69 Å². The average molecular weight is 266 g/mol. The fourth-order valence-electron chi connectivity index (χ4n) is 1.26. The van der Waals surface area contributed by atoms with Gasteiger partial charge in [0.1, 0.15) is 0 Å². The smallest absolute Gasteiger partial charge is 0.870 e. The molecule has 0 saturated carbocycles. The van der Waals surface area contributed by atoms with Gasteiger partial charge >= 0.3 is 51.4 Å². The Balaban J connectivity index is 0. The van der Waals surface area contributed by atoms with Gasteiger partial charge in [-0.25, -0.2) is 0 Å². The van der Waals surface area contributed by atoms with Crippen LogP contribution in [0.2, 0.25) is 0 Å². The first-order valence-corrected chi connectivity index (χ1v) is 5.15. The van der Waals surface area contributed by atoms with Gasteiger partial charge in [-0.2, -0.15) is 0 Å². The number of aromatic nitrogens is 1. The summed E-state index contributed by atoms with van der Waals surface area (Å²) < 4.78 is 5.10. The van der Waals surface area contributed by atoms with Crippen molar-refractivity contribution in [3.63, 3.8) is 0 Å². The number of ether oxygens (including phenoxy) is 1. The van der Waals surface area contributed by atoms with Crippen molar-refractivity contribution in [2.45, 2.75) is 25.5 Å². The van der Waals surface area contributed by atoms with Crippen LogP contribution in [0.25, 0.3) is 0 Å². The molecular formula is C11H19KN2O3. The molecule has 4 N–H and O–H groups in total. The van der Waals surface area contributed by atoms with E-state index in [1.165, 1.54) is 0 Å². The van der Waals surface area contributed by atoms with Crippen LogP contribution in [0.15, 0.2) is 24.4 Å². The van der Waals surface area contributed by atoms with Gasteiger partial charge in [-0.3, -0.25) is 4.98 Å². The zero-order chi connectivity index (χ0) is 11.1. The van der Waals surface area contributed by atoms with E-state index in [-0.39, 0.29) is 69.5 Å². The van der Waals surface area contributed by atoms with E-state index >= 15 is 0 Å². The summed E-state index contributed by atoms with van der Waals surface area (Å²) in [6, 6.07) is 5.33. The maximum Gasteiger partial charge on any atom is 1.00 e. The molecule has 0 amide bonds. The summed E-state index contributed by atoms with van der Waals surface area (Å²) in [4.78, 5) is 4.15. The van der Waals surface area contributed by atoms with Crippen LogP contribution in [-0.2, 0) is 11.2 Å². The Morgan fingerprint density at radius 3 is 2.71 bits per heavy atom.